The zero-order valence-electron chi connectivity index (χ0n) is 31.7. The van der Waals surface area contributed by atoms with E-state index in [9.17, 15) is 22.4 Å². The number of nitrogens with one attached hydrogen (secondary N) is 1. The van der Waals surface area contributed by atoms with E-state index in [1.807, 2.05) is 6.07 Å². The molecule has 2 aromatic rings. The minimum atomic E-state index is -3.90. The Kier molecular flexibility index (Phi) is 11.5. The van der Waals surface area contributed by atoms with Crippen molar-refractivity contribution in [3.63, 3.8) is 0 Å². The second kappa shape index (κ2) is 16.0. The molecule has 5 aliphatic rings. The maximum atomic E-state index is 16.3. The number of anilines is 1. The number of methoxy groups -OCH3 is 1. The molecule has 0 aromatic heterocycles. The van der Waals surface area contributed by atoms with Crippen molar-refractivity contribution in [3.8, 4) is 11.8 Å². The van der Waals surface area contributed by atoms with Crippen LogP contribution in [0.5, 0.6) is 0 Å². The fourth-order valence-corrected chi connectivity index (χ4v) is 11.8. The number of nitrogens with zero attached hydrogens (tertiary/aromatic N) is 4. The van der Waals surface area contributed by atoms with Crippen LogP contribution in [-0.4, -0.2) is 125 Å². The molecule has 1 saturated carbocycles. The number of ether oxygens (including phenoxy) is 1. The van der Waals surface area contributed by atoms with E-state index in [0.29, 0.717) is 13.1 Å². The number of carbonyl (C=O) groups excluding carboxylic acids is 2. The second-order valence-electron chi connectivity index (χ2n) is 16.2. The molecule has 55 heavy (non-hydrogen) atoms. The topological polar surface area (TPSA) is 103 Å². The number of amides is 2. The molecular weight excluding hydrogens is 732 g/mol. The van der Waals surface area contributed by atoms with Crippen LogP contribution < -0.4 is 10.2 Å². The number of carbonyl (C=O) groups is 2. The largest absolute Gasteiger partial charge is 0.453 e. The Morgan fingerprint density at radius 2 is 1.73 bits per heavy atom. The average molecular weight is 784 g/mol. The van der Waals surface area contributed by atoms with E-state index in [0.717, 1.165) is 69.8 Å². The van der Waals surface area contributed by atoms with Crippen molar-refractivity contribution in [2.45, 2.75) is 79.1 Å². The Bertz CT molecular complexity index is 1920. The minimum absolute atomic E-state index is 0.00486. The highest BCUT2D eigenvalue weighted by Crippen LogP contribution is 2.52. The summed E-state index contributed by atoms with van der Waals surface area (Å²) in [4.78, 5) is 32.1. The molecule has 1 N–H and O–H groups in total. The van der Waals surface area contributed by atoms with Gasteiger partial charge in [-0.1, -0.05) is 24.5 Å². The van der Waals surface area contributed by atoms with Gasteiger partial charge in [0, 0.05) is 37.6 Å². The first-order chi connectivity index (χ1) is 26.3. The molecule has 0 radical (unpaired) electrons. The van der Waals surface area contributed by atoms with Crippen LogP contribution in [0, 0.1) is 35.3 Å². The molecule has 0 spiro atoms. The molecule has 4 aliphatic heterocycles. The van der Waals surface area contributed by atoms with Gasteiger partial charge in [-0.05, 0) is 125 Å². The maximum absolute atomic E-state index is 16.3. The third-order valence-corrected chi connectivity index (χ3v) is 15.1. The first-order valence-corrected chi connectivity index (χ1v) is 21.1. The molecule has 0 unspecified atom stereocenters. The van der Waals surface area contributed by atoms with Crippen LogP contribution in [0.3, 0.4) is 0 Å². The summed E-state index contributed by atoms with van der Waals surface area (Å²) in [5.74, 6) is 3.78. The third kappa shape index (κ3) is 7.94. The van der Waals surface area contributed by atoms with Crippen LogP contribution in [0.1, 0.15) is 57.4 Å². The minimum Gasteiger partial charge on any atom is -0.453 e. The SMILES string of the molecule is CC#CC(=O)N1CC[C@@H](S(=O)(=O)c2ccc(N3CC(F)(CN4CCC([C@@](CN5CCC5)(c5cccc(F)c5)[C@H]5CCC[C@@H]5NC(=O)OC)CC4)C3)c(F)c2)C1. The number of hydrogen-bond donors (Lipinski definition) is 1. The van der Waals surface area contributed by atoms with Crippen molar-refractivity contribution >= 4 is 27.5 Å². The first kappa shape index (κ1) is 39.4. The monoisotopic (exact) mass is 783 g/mol. The lowest BCUT2D eigenvalue weighted by Crippen LogP contribution is -2.65. The van der Waals surface area contributed by atoms with E-state index in [-0.39, 0.29) is 73.4 Å². The van der Waals surface area contributed by atoms with Crippen LogP contribution >= 0.6 is 0 Å². The van der Waals surface area contributed by atoms with Crippen LogP contribution in [0.2, 0.25) is 0 Å². The Morgan fingerprint density at radius 1 is 0.964 bits per heavy atom. The van der Waals surface area contributed by atoms with E-state index in [1.54, 1.807) is 17.0 Å². The Morgan fingerprint density at radius 3 is 2.38 bits per heavy atom. The van der Waals surface area contributed by atoms with Gasteiger partial charge in [0.25, 0.3) is 5.91 Å². The van der Waals surface area contributed by atoms with E-state index in [2.05, 4.69) is 27.0 Å². The molecule has 7 rings (SSSR count). The van der Waals surface area contributed by atoms with Gasteiger partial charge in [-0.3, -0.25) is 9.69 Å². The van der Waals surface area contributed by atoms with Gasteiger partial charge in [0.1, 0.15) is 11.6 Å². The molecule has 10 nitrogen and oxygen atoms in total. The van der Waals surface area contributed by atoms with E-state index in [4.69, 9.17) is 4.74 Å². The van der Waals surface area contributed by atoms with Gasteiger partial charge in [0.15, 0.2) is 15.5 Å². The zero-order valence-corrected chi connectivity index (χ0v) is 32.6. The van der Waals surface area contributed by atoms with Crippen LogP contribution in [0.15, 0.2) is 47.4 Å². The predicted molar refractivity (Wildman–Crippen MR) is 203 cm³/mol. The lowest BCUT2D eigenvalue weighted by molar-refractivity contribution is -0.124. The van der Waals surface area contributed by atoms with E-state index >= 15 is 8.78 Å². The molecule has 2 aromatic carbocycles. The van der Waals surface area contributed by atoms with Gasteiger partial charge in [-0.15, -0.1) is 0 Å². The third-order valence-electron chi connectivity index (χ3n) is 12.9. The van der Waals surface area contributed by atoms with Crippen molar-refractivity contribution < 1.29 is 35.9 Å². The molecule has 14 heteroatoms. The first-order valence-electron chi connectivity index (χ1n) is 19.6. The number of alkyl halides is 1. The summed E-state index contributed by atoms with van der Waals surface area (Å²) in [7, 11) is -2.53. The molecule has 4 heterocycles. The van der Waals surface area contributed by atoms with Crippen LogP contribution in [0.4, 0.5) is 23.7 Å². The number of rotatable bonds is 11. The summed E-state index contributed by atoms with van der Waals surface area (Å²) in [6, 6.07) is 10.6. The van der Waals surface area contributed by atoms with Gasteiger partial charge in [0.2, 0.25) is 0 Å². The van der Waals surface area contributed by atoms with E-state index in [1.165, 1.54) is 37.1 Å². The van der Waals surface area contributed by atoms with Gasteiger partial charge >= 0.3 is 6.09 Å². The average Bonchev–Trinajstić information content (AvgIpc) is 3.82. The fourth-order valence-electron chi connectivity index (χ4n) is 10.1. The number of alkyl carbamates (subject to hydrolysis) is 1. The van der Waals surface area contributed by atoms with Crippen LogP contribution in [-0.2, 0) is 24.8 Å². The molecule has 4 saturated heterocycles. The summed E-state index contributed by atoms with van der Waals surface area (Å²) in [5, 5.41) is 2.26. The highest BCUT2D eigenvalue weighted by atomic mass is 32.2. The number of halogens is 3. The summed E-state index contributed by atoms with van der Waals surface area (Å²) >= 11 is 0. The summed E-state index contributed by atoms with van der Waals surface area (Å²) in [6.45, 7) is 6.02. The second-order valence-corrected chi connectivity index (χ2v) is 18.4. The standard InChI is InChI=1S/C41H52F3N5O5S/c1-3-7-38(50)48-21-16-33(24-48)55(52,53)32-12-13-37(35(43)23-32)49-26-40(44,27-49)25-47-19-14-29(15-20-47)41(28-46-17-6-18-46,30-8-4-9-31(42)22-30)34-10-5-11-36(34)45-39(51)54-2/h4,8-9,12-13,22-23,29,33-34,36H,5-6,10-11,14-21,24-28H2,1-2H3,(H,45,51)/t33-,34+,36+,41+/m1/s1. The number of piperidine rings is 1. The van der Waals surface area contributed by atoms with E-state index < -0.39 is 44.0 Å². The van der Waals surface area contributed by atoms with Crippen molar-refractivity contribution in [3.05, 3.63) is 59.7 Å². The predicted octanol–water partition coefficient (Wildman–Crippen LogP) is 4.77. The van der Waals surface area contributed by atoms with Gasteiger partial charge in [-0.2, -0.15) is 0 Å². The molecule has 2 amide bonds. The van der Waals surface area contributed by atoms with Gasteiger partial charge < -0.3 is 24.8 Å². The fraction of sp³-hybridized carbons (Fsp3) is 0.610. The lowest BCUT2D eigenvalue weighted by atomic mass is 9.57. The molecule has 0 bridgehead atoms. The smallest absolute Gasteiger partial charge is 0.407 e. The van der Waals surface area contributed by atoms with Crippen LogP contribution in [0.25, 0.3) is 0 Å². The van der Waals surface area contributed by atoms with Crippen molar-refractivity contribution in [2.24, 2.45) is 11.8 Å². The summed E-state index contributed by atoms with van der Waals surface area (Å²) < 4.78 is 78.4. The number of benzene rings is 2. The zero-order chi connectivity index (χ0) is 39.0. The molecular formula is C41H52F3N5O5S. The van der Waals surface area contributed by atoms with Gasteiger partial charge in [0.05, 0.1) is 36.0 Å². The summed E-state index contributed by atoms with van der Waals surface area (Å²) in [6.07, 6.45) is 5.16. The Hall–Kier alpha value is -3.80. The van der Waals surface area contributed by atoms with Gasteiger partial charge in [-0.25, -0.2) is 26.4 Å². The molecule has 5 fully saturated rings. The molecule has 298 valence electrons. The quantitative estimate of drug-likeness (QED) is 0.326. The number of likely N-dealkylation sites (tertiary alicyclic amines) is 3. The molecule has 1 aliphatic carbocycles. The van der Waals surface area contributed by atoms with Crippen molar-refractivity contribution in [2.75, 3.05) is 77.5 Å². The number of hydrogen-bond acceptors (Lipinski definition) is 8. The van der Waals surface area contributed by atoms with Crippen molar-refractivity contribution in [1.29, 1.82) is 0 Å². The Labute approximate surface area is 322 Å². The lowest BCUT2D eigenvalue weighted by Gasteiger charge is -2.54. The summed E-state index contributed by atoms with van der Waals surface area (Å²) in [5.41, 5.74) is -0.873. The number of sulfone groups is 1. The molecule has 4 atom stereocenters. The maximum Gasteiger partial charge on any atom is 0.407 e. The highest BCUT2D eigenvalue weighted by molar-refractivity contribution is 7.92. The normalized spacial score (nSPS) is 25.7. The Balaban J connectivity index is 1.01. The van der Waals surface area contributed by atoms with Crippen molar-refractivity contribution in [1.82, 2.24) is 20.0 Å². The highest BCUT2D eigenvalue weighted by Gasteiger charge is 2.54.